The van der Waals surface area contributed by atoms with Crippen LogP contribution >= 0.6 is 0 Å². The Hall–Kier alpha value is -3.81. The highest BCUT2D eigenvalue weighted by Gasteiger charge is 2.59. The molecule has 2 aromatic rings. The molecule has 2 aliphatic carbocycles. The van der Waals surface area contributed by atoms with Gasteiger partial charge in [-0.3, -0.25) is 29.4 Å². The zero-order chi connectivity index (χ0) is 21.9. The van der Waals surface area contributed by atoms with E-state index < -0.39 is 10.8 Å². The standard InChI is InChI=1S/C23H19N3O5/c1-12-2-9-17(18(10-12)26(30)31)24-21(27)13-5-7-16(8-6-13)25-22(28)19-14-3-4-15(11-14)20(19)23(25)29/h2-10,14-15,19-20H,11H2,1H3,(H,24,27). The van der Waals surface area contributed by atoms with Crippen LogP contribution < -0.4 is 10.2 Å². The van der Waals surface area contributed by atoms with Crippen LogP contribution in [0.4, 0.5) is 17.1 Å². The lowest BCUT2D eigenvalue weighted by molar-refractivity contribution is -0.384. The summed E-state index contributed by atoms with van der Waals surface area (Å²) in [5.74, 6) is -1.19. The fraction of sp³-hybridized carbons (Fsp3) is 0.261. The van der Waals surface area contributed by atoms with Crippen LogP contribution in [0.25, 0.3) is 0 Å². The van der Waals surface area contributed by atoms with E-state index in [0.717, 1.165) is 6.42 Å². The molecule has 2 bridgehead atoms. The summed E-state index contributed by atoms with van der Waals surface area (Å²) in [6.45, 7) is 1.73. The van der Waals surface area contributed by atoms with Crippen LogP contribution in [-0.2, 0) is 9.59 Å². The van der Waals surface area contributed by atoms with Crippen molar-refractivity contribution < 1.29 is 19.3 Å². The van der Waals surface area contributed by atoms with Crippen LogP contribution in [0, 0.1) is 40.7 Å². The zero-order valence-corrected chi connectivity index (χ0v) is 16.6. The van der Waals surface area contributed by atoms with Crippen molar-refractivity contribution in [2.75, 3.05) is 10.2 Å². The average Bonchev–Trinajstić information content (AvgIpc) is 3.43. The molecule has 0 aromatic heterocycles. The third-order valence-corrected chi connectivity index (χ3v) is 6.46. The van der Waals surface area contributed by atoms with E-state index in [1.807, 2.05) is 12.2 Å². The van der Waals surface area contributed by atoms with Gasteiger partial charge in [-0.25, -0.2) is 0 Å². The first-order valence-corrected chi connectivity index (χ1v) is 10.1. The molecular formula is C23H19N3O5. The summed E-state index contributed by atoms with van der Waals surface area (Å²) in [5, 5.41) is 13.8. The maximum absolute atomic E-state index is 12.9. The Kier molecular flexibility index (Phi) is 4.25. The minimum Gasteiger partial charge on any atom is -0.316 e. The van der Waals surface area contributed by atoms with E-state index >= 15 is 0 Å². The fourth-order valence-corrected chi connectivity index (χ4v) is 5.01. The van der Waals surface area contributed by atoms with Crippen LogP contribution in [0.15, 0.2) is 54.6 Å². The van der Waals surface area contributed by atoms with E-state index in [1.165, 1.54) is 29.2 Å². The number of anilines is 2. The lowest BCUT2D eigenvalue weighted by Gasteiger charge is -2.17. The summed E-state index contributed by atoms with van der Waals surface area (Å²) in [6.07, 6.45) is 4.95. The number of fused-ring (bicyclic) bond motifs is 5. The van der Waals surface area contributed by atoms with E-state index in [-0.39, 0.29) is 52.4 Å². The molecule has 0 radical (unpaired) electrons. The Morgan fingerprint density at radius 3 is 2.23 bits per heavy atom. The number of benzene rings is 2. The van der Waals surface area contributed by atoms with Crippen molar-refractivity contribution in [2.24, 2.45) is 23.7 Å². The number of carbonyl (C=O) groups excluding carboxylic acids is 3. The van der Waals surface area contributed by atoms with Gasteiger partial charge in [0.05, 0.1) is 22.4 Å². The Balaban J connectivity index is 1.35. The lowest BCUT2D eigenvalue weighted by atomic mass is 9.85. The molecule has 0 spiro atoms. The molecule has 3 aliphatic rings. The highest BCUT2D eigenvalue weighted by Crippen LogP contribution is 2.53. The van der Waals surface area contributed by atoms with Gasteiger partial charge in [-0.2, -0.15) is 0 Å². The second-order valence-corrected chi connectivity index (χ2v) is 8.29. The number of carbonyl (C=O) groups is 3. The number of rotatable bonds is 4. The third kappa shape index (κ3) is 2.94. The molecule has 31 heavy (non-hydrogen) atoms. The topological polar surface area (TPSA) is 110 Å². The van der Waals surface area contributed by atoms with E-state index in [1.54, 1.807) is 25.1 Å². The fourth-order valence-electron chi connectivity index (χ4n) is 5.01. The first-order chi connectivity index (χ1) is 14.8. The second kappa shape index (κ2) is 6.87. The van der Waals surface area contributed by atoms with Gasteiger partial charge in [-0.05, 0) is 61.1 Å². The normalized spacial score (nSPS) is 25.8. The van der Waals surface area contributed by atoms with E-state index in [0.29, 0.717) is 11.3 Å². The summed E-state index contributed by atoms with van der Waals surface area (Å²) >= 11 is 0. The largest absolute Gasteiger partial charge is 0.316 e. The van der Waals surface area contributed by atoms with Gasteiger partial charge < -0.3 is 5.32 Å². The molecule has 1 heterocycles. The van der Waals surface area contributed by atoms with Crippen molar-refractivity contribution in [1.29, 1.82) is 0 Å². The zero-order valence-electron chi connectivity index (χ0n) is 16.6. The summed E-state index contributed by atoms with van der Waals surface area (Å²) in [4.78, 5) is 50.4. The van der Waals surface area contributed by atoms with Crippen molar-refractivity contribution in [3.05, 3.63) is 75.9 Å². The van der Waals surface area contributed by atoms with Crippen molar-refractivity contribution >= 4 is 34.8 Å². The molecule has 3 amide bonds. The second-order valence-electron chi connectivity index (χ2n) is 8.29. The van der Waals surface area contributed by atoms with Crippen LogP contribution in [-0.4, -0.2) is 22.6 Å². The number of nitro groups is 1. The molecule has 5 rings (SSSR count). The SMILES string of the molecule is Cc1ccc(NC(=O)c2ccc(N3C(=O)C4C5C=CC(C5)C4C3=O)cc2)c([N+](=O)[O-])c1. The summed E-state index contributed by atoms with van der Waals surface area (Å²) in [6, 6.07) is 10.7. The quantitative estimate of drug-likeness (QED) is 0.355. The molecule has 4 atom stereocenters. The third-order valence-electron chi connectivity index (χ3n) is 6.46. The molecule has 2 fully saturated rings. The van der Waals surface area contributed by atoms with Gasteiger partial charge in [0.2, 0.25) is 11.8 Å². The summed E-state index contributed by atoms with van der Waals surface area (Å²) < 4.78 is 0. The first kappa shape index (κ1) is 19.2. The maximum atomic E-state index is 12.9. The van der Waals surface area contributed by atoms with Crippen LogP contribution in [0.5, 0.6) is 0 Å². The van der Waals surface area contributed by atoms with Gasteiger partial charge in [-0.1, -0.05) is 18.2 Å². The summed E-state index contributed by atoms with van der Waals surface area (Å²) in [7, 11) is 0. The number of nitro benzene ring substituents is 1. The van der Waals surface area contributed by atoms with Crippen LogP contribution in [0.2, 0.25) is 0 Å². The van der Waals surface area contributed by atoms with E-state index in [9.17, 15) is 24.5 Å². The number of allylic oxidation sites excluding steroid dienone is 2. The molecule has 8 heteroatoms. The Labute approximate surface area is 177 Å². The predicted octanol–water partition coefficient (Wildman–Crippen LogP) is 3.47. The van der Waals surface area contributed by atoms with Gasteiger partial charge >= 0.3 is 0 Å². The van der Waals surface area contributed by atoms with Gasteiger partial charge in [0.15, 0.2) is 0 Å². The van der Waals surface area contributed by atoms with Gasteiger partial charge in [0.25, 0.3) is 11.6 Å². The number of aryl methyl sites for hydroxylation is 1. The van der Waals surface area contributed by atoms with Gasteiger partial charge in [-0.15, -0.1) is 0 Å². The number of hydrogen-bond acceptors (Lipinski definition) is 5. The molecule has 1 aliphatic heterocycles. The number of amides is 3. The number of hydrogen-bond donors (Lipinski definition) is 1. The Morgan fingerprint density at radius 1 is 1.03 bits per heavy atom. The molecule has 1 saturated heterocycles. The number of nitrogens with one attached hydrogen (secondary N) is 1. The van der Waals surface area contributed by atoms with Gasteiger partial charge in [0.1, 0.15) is 5.69 Å². The monoisotopic (exact) mass is 417 g/mol. The molecule has 8 nitrogen and oxygen atoms in total. The molecule has 2 aromatic carbocycles. The molecule has 4 unspecified atom stereocenters. The van der Waals surface area contributed by atoms with Crippen molar-refractivity contribution in [3.63, 3.8) is 0 Å². The first-order valence-electron chi connectivity index (χ1n) is 10.1. The minimum atomic E-state index is -0.546. The summed E-state index contributed by atoms with van der Waals surface area (Å²) in [5.41, 5.74) is 1.32. The van der Waals surface area contributed by atoms with Crippen molar-refractivity contribution in [2.45, 2.75) is 13.3 Å². The maximum Gasteiger partial charge on any atom is 0.293 e. The Morgan fingerprint density at radius 2 is 1.65 bits per heavy atom. The number of nitrogens with zero attached hydrogens (tertiary/aromatic N) is 2. The van der Waals surface area contributed by atoms with Gasteiger partial charge in [0, 0.05) is 11.6 Å². The van der Waals surface area contributed by atoms with Crippen LogP contribution in [0.3, 0.4) is 0 Å². The van der Waals surface area contributed by atoms with Crippen LogP contribution in [0.1, 0.15) is 22.3 Å². The Bertz CT molecular complexity index is 1140. The molecular weight excluding hydrogens is 398 g/mol. The smallest absolute Gasteiger partial charge is 0.293 e. The van der Waals surface area contributed by atoms with Crippen molar-refractivity contribution in [3.8, 4) is 0 Å². The highest BCUT2D eigenvalue weighted by molar-refractivity contribution is 6.23. The van der Waals surface area contributed by atoms with E-state index in [2.05, 4.69) is 5.32 Å². The number of imide groups is 1. The van der Waals surface area contributed by atoms with E-state index in [4.69, 9.17) is 0 Å². The predicted molar refractivity (Wildman–Crippen MR) is 112 cm³/mol. The highest BCUT2D eigenvalue weighted by atomic mass is 16.6. The average molecular weight is 417 g/mol. The minimum absolute atomic E-state index is 0.102. The van der Waals surface area contributed by atoms with Crippen molar-refractivity contribution in [1.82, 2.24) is 0 Å². The molecule has 1 saturated carbocycles. The molecule has 1 N–H and O–H groups in total. The lowest BCUT2D eigenvalue weighted by Crippen LogP contribution is -2.32. The molecule has 156 valence electrons.